The van der Waals surface area contributed by atoms with E-state index in [4.69, 9.17) is 5.11 Å². The van der Waals surface area contributed by atoms with E-state index in [0.717, 1.165) is 24.8 Å². The van der Waals surface area contributed by atoms with Gasteiger partial charge in [-0.1, -0.05) is 19.1 Å². The van der Waals surface area contributed by atoms with Crippen molar-refractivity contribution in [2.75, 3.05) is 25.0 Å². The summed E-state index contributed by atoms with van der Waals surface area (Å²) in [7, 11) is 0. The number of aliphatic carboxylic acids is 1. The number of carboxylic acid groups (broad SMARTS) is 1. The van der Waals surface area contributed by atoms with Crippen LogP contribution in [0.2, 0.25) is 0 Å². The van der Waals surface area contributed by atoms with Crippen LogP contribution in [-0.2, 0) is 25.6 Å². The van der Waals surface area contributed by atoms with E-state index in [1.165, 1.54) is 0 Å². The van der Waals surface area contributed by atoms with E-state index < -0.39 is 12.5 Å². The van der Waals surface area contributed by atoms with E-state index >= 15 is 0 Å². The zero-order chi connectivity index (χ0) is 20.5. The summed E-state index contributed by atoms with van der Waals surface area (Å²) >= 11 is 0. The first-order valence-corrected chi connectivity index (χ1v) is 9.55. The van der Waals surface area contributed by atoms with Gasteiger partial charge in [-0.25, -0.2) is 0 Å². The minimum atomic E-state index is -1.09. The van der Waals surface area contributed by atoms with E-state index in [0.29, 0.717) is 25.2 Å². The van der Waals surface area contributed by atoms with Crippen LogP contribution >= 0.6 is 0 Å². The molecule has 8 heteroatoms. The molecule has 0 aliphatic carbocycles. The Balaban J connectivity index is 1.85. The van der Waals surface area contributed by atoms with E-state index in [1.807, 2.05) is 6.92 Å². The molecule has 0 aromatic heterocycles. The fourth-order valence-electron chi connectivity index (χ4n) is 3.16. The molecule has 2 rings (SSSR count). The van der Waals surface area contributed by atoms with Crippen molar-refractivity contribution >= 4 is 29.4 Å². The Morgan fingerprint density at radius 3 is 2.54 bits per heavy atom. The average Bonchev–Trinajstić information content (AvgIpc) is 2.68. The molecule has 1 unspecified atom stereocenters. The summed E-state index contributed by atoms with van der Waals surface area (Å²) in [5.41, 5.74) is 1.34. The van der Waals surface area contributed by atoms with Crippen molar-refractivity contribution in [2.24, 2.45) is 5.92 Å². The second-order valence-corrected chi connectivity index (χ2v) is 6.96. The smallest absolute Gasteiger partial charge is 0.322 e. The number of hydrogen-bond acceptors (Lipinski definition) is 4. The summed E-state index contributed by atoms with van der Waals surface area (Å²) < 4.78 is 0. The van der Waals surface area contributed by atoms with Gasteiger partial charge in [0.25, 0.3) is 0 Å². The van der Waals surface area contributed by atoms with Crippen molar-refractivity contribution in [1.29, 1.82) is 0 Å². The molecule has 0 spiro atoms. The fraction of sp³-hybridized carbons (Fsp3) is 0.500. The van der Waals surface area contributed by atoms with Gasteiger partial charge in [0.1, 0.15) is 6.54 Å². The van der Waals surface area contributed by atoms with Gasteiger partial charge in [-0.2, -0.15) is 0 Å². The van der Waals surface area contributed by atoms with Crippen LogP contribution in [0.3, 0.4) is 0 Å². The Morgan fingerprint density at radius 1 is 1.18 bits per heavy atom. The third-order valence-corrected chi connectivity index (χ3v) is 4.63. The number of anilines is 1. The second kappa shape index (κ2) is 10.4. The highest BCUT2D eigenvalue weighted by Crippen LogP contribution is 2.20. The summed E-state index contributed by atoms with van der Waals surface area (Å²) in [5.74, 6) is -1.70. The minimum absolute atomic E-state index is 0.0681. The lowest BCUT2D eigenvalue weighted by molar-refractivity contribution is -0.138. The van der Waals surface area contributed by atoms with Crippen LogP contribution in [0.5, 0.6) is 0 Å². The molecule has 1 fully saturated rings. The van der Waals surface area contributed by atoms with Crippen LogP contribution in [0.25, 0.3) is 0 Å². The lowest BCUT2D eigenvalue weighted by atomic mass is 9.96. The molecule has 1 saturated heterocycles. The molecule has 1 aliphatic rings. The molecule has 1 aromatic rings. The van der Waals surface area contributed by atoms with Gasteiger partial charge >= 0.3 is 5.97 Å². The number of carboxylic acids is 1. The molecule has 28 heavy (non-hydrogen) atoms. The van der Waals surface area contributed by atoms with E-state index in [1.54, 1.807) is 29.2 Å². The van der Waals surface area contributed by atoms with Crippen LogP contribution in [-0.4, -0.2) is 53.3 Å². The lowest BCUT2D eigenvalue weighted by Gasteiger charge is -2.32. The maximum atomic E-state index is 12.5. The number of nitrogens with one attached hydrogen (secondary N) is 2. The Hall–Kier alpha value is -2.90. The van der Waals surface area contributed by atoms with Gasteiger partial charge in [0.05, 0.1) is 12.3 Å². The number of carbonyl (C=O) groups excluding carboxylic acids is 3. The van der Waals surface area contributed by atoms with Crippen LogP contribution in [0.15, 0.2) is 24.3 Å². The van der Waals surface area contributed by atoms with Crippen molar-refractivity contribution in [2.45, 2.75) is 39.0 Å². The fourth-order valence-corrected chi connectivity index (χ4v) is 3.16. The third-order valence-electron chi connectivity index (χ3n) is 4.63. The van der Waals surface area contributed by atoms with Gasteiger partial charge in [-0.15, -0.1) is 0 Å². The number of amides is 3. The predicted molar refractivity (Wildman–Crippen MR) is 104 cm³/mol. The Labute approximate surface area is 164 Å². The van der Waals surface area contributed by atoms with Crippen molar-refractivity contribution in [1.82, 2.24) is 10.2 Å². The molecule has 0 saturated carbocycles. The van der Waals surface area contributed by atoms with E-state index in [9.17, 15) is 19.2 Å². The molecule has 1 aliphatic heterocycles. The standard InChI is InChI=1S/C20H27N3O5/c1-2-4-18(25)23-10-3-5-15(13-23)20(28)22-16-8-6-14(7-9-16)11-17(24)21-12-19(26)27/h6-9,15H,2-5,10-13H2,1H3,(H,21,24)(H,22,28)(H,26,27). The number of nitrogens with zero attached hydrogens (tertiary/aromatic N) is 1. The van der Waals surface area contributed by atoms with Gasteiger partial charge < -0.3 is 20.6 Å². The summed E-state index contributed by atoms with van der Waals surface area (Å²) in [6.45, 7) is 2.71. The monoisotopic (exact) mass is 389 g/mol. The van der Waals surface area contributed by atoms with Crippen molar-refractivity contribution < 1.29 is 24.3 Å². The highest BCUT2D eigenvalue weighted by molar-refractivity contribution is 5.93. The number of benzene rings is 1. The Bertz CT molecular complexity index is 717. The topological polar surface area (TPSA) is 116 Å². The summed E-state index contributed by atoms with van der Waals surface area (Å²) in [6.07, 6.45) is 2.95. The number of likely N-dealkylation sites (tertiary alicyclic amines) is 1. The molecule has 1 aromatic carbocycles. The summed E-state index contributed by atoms with van der Waals surface area (Å²) in [6, 6.07) is 6.85. The van der Waals surface area contributed by atoms with Crippen molar-refractivity contribution in [3.05, 3.63) is 29.8 Å². The molecular weight excluding hydrogens is 362 g/mol. The number of carbonyl (C=O) groups is 4. The van der Waals surface area contributed by atoms with Crippen LogP contribution < -0.4 is 10.6 Å². The average molecular weight is 389 g/mol. The molecule has 0 bridgehead atoms. The third kappa shape index (κ3) is 6.68. The quantitative estimate of drug-likeness (QED) is 0.622. The molecule has 3 amide bonds. The summed E-state index contributed by atoms with van der Waals surface area (Å²) in [5, 5.41) is 13.7. The van der Waals surface area contributed by atoms with E-state index in [-0.39, 0.29) is 30.1 Å². The van der Waals surface area contributed by atoms with Gasteiger partial charge in [-0.05, 0) is 37.0 Å². The van der Waals surface area contributed by atoms with Crippen molar-refractivity contribution in [3.63, 3.8) is 0 Å². The van der Waals surface area contributed by atoms with Gasteiger partial charge in [0.2, 0.25) is 17.7 Å². The molecular formula is C20H27N3O5. The first-order valence-electron chi connectivity index (χ1n) is 9.55. The molecule has 3 N–H and O–H groups in total. The second-order valence-electron chi connectivity index (χ2n) is 6.96. The highest BCUT2D eigenvalue weighted by Gasteiger charge is 2.28. The Morgan fingerprint density at radius 2 is 1.89 bits per heavy atom. The van der Waals surface area contributed by atoms with Crippen molar-refractivity contribution in [3.8, 4) is 0 Å². The van der Waals surface area contributed by atoms with Crippen LogP contribution in [0, 0.1) is 5.92 Å². The first kappa shape index (κ1) is 21.4. The highest BCUT2D eigenvalue weighted by atomic mass is 16.4. The first-order chi connectivity index (χ1) is 13.4. The number of hydrogen-bond donors (Lipinski definition) is 3. The predicted octanol–water partition coefficient (Wildman–Crippen LogP) is 1.41. The zero-order valence-corrected chi connectivity index (χ0v) is 16.1. The molecule has 152 valence electrons. The maximum Gasteiger partial charge on any atom is 0.322 e. The van der Waals surface area contributed by atoms with E-state index in [2.05, 4.69) is 10.6 Å². The van der Waals surface area contributed by atoms with Crippen LogP contribution in [0.1, 0.15) is 38.2 Å². The lowest BCUT2D eigenvalue weighted by Crippen LogP contribution is -2.43. The van der Waals surface area contributed by atoms with Gasteiger partial charge in [0, 0.05) is 25.2 Å². The van der Waals surface area contributed by atoms with Crippen LogP contribution in [0.4, 0.5) is 5.69 Å². The molecule has 1 atom stereocenters. The number of piperidine rings is 1. The summed E-state index contributed by atoms with van der Waals surface area (Å²) in [4.78, 5) is 48.5. The SMILES string of the molecule is CCCC(=O)N1CCCC(C(=O)Nc2ccc(CC(=O)NCC(=O)O)cc2)C1. The number of rotatable bonds is 8. The maximum absolute atomic E-state index is 12.5. The minimum Gasteiger partial charge on any atom is -0.480 e. The van der Waals surface area contributed by atoms with Gasteiger partial charge in [-0.3, -0.25) is 19.2 Å². The largest absolute Gasteiger partial charge is 0.480 e. The Kier molecular flexibility index (Phi) is 7.98. The normalized spacial score (nSPS) is 16.3. The molecule has 0 radical (unpaired) electrons. The van der Waals surface area contributed by atoms with Gasteiger partial charge in [0.15, 0.2) is 0 Å². The molecule has 1 heterocycles. The zero-order valence-electron chi connectivity index (χ0n) is 16.1. The molecule has 8 nitrogen and oxygen atoms in total.